The molecule has 3 aromatic heterocycles. The number of halogens is 2. The molecule has 5 rings (SSSR count). The molecule has 198 valence electrons. The fourth-order valence-electron chi connectivity index (χ4n) is 4.74. The van der Waals surface area contributed by atoms with Crippen LogP contribution in [0.4, 0.5) is 16.0 Å². The lowest BCUT2D eigenvalue weighted by Gasteiger charge is -2.36. The van der Waals surface area contributed by atoms with Crippen molar-refractivity contribution in [1.82, 2.24) is 24.2 Å². The van der Waals surface area contributed by atoms with Crippen LogP contribution >= 0.6 is 11.6 Å². The molecular formula is C27H28ClFN6O3. The third-order valence-electron chi connectivity index (χ3n) is 6.64. The third-order valence-corrected chi connectivity index (χ3v) is 6.94. The van der Waals surface area contributed by atoms with Gasteiger partial charge < -0.3 is 24.3 Å². The number of hydrogen-bond acceptors (Lipinski definition) is 6. The highest BCUT2D eigenvalue weighted by atomic mass is 35.5. The van der Waals surface area contributed by atoms with Gasteiger partial charge in [-0.05, 0) is 35.4 Å². The summed E-state index contributed by atoms with van der Waals surface area (Å²) in [6, 6.07) is 9.82. The molecule has 0 unspecified atom stereocenters. The van der Waals surface area contributed by atoms with Crippen molar-refractivity contribution in [1.29, 1.82) is 0 Å². The van der Waals surface area contributed by atoms with Crippen molar-refractivity contribution in [3.8, 4) is 11.1 Å². The molecule has 0 aliphatic carbocycles. The summed E-state index contributed by atoms with van der Waals surface area (Å²) < 4.78 is 28.5. The number of carbonyl (C=O) groups excluding carboxylic acids is 1. The summed E-state index contributed by atoms with van der Waals surface area (Å²) in [6.45, 7) is 1.41. The number of benzene rings is 1. The first kappa shape index (κ1) is 25.9. The second-order valence-corrected chi connectivity index (χ2v) is 9.58. The summed E-state index contributed by atoms with van der Waals surface area (Å²) >= 11 is 6.54. The van der Waals surface area contributed by atoms with Crippen molar-refractivity contribution in [2.75, 3.05) is 26.1 Å². The predicted molar refractivity (Wildman–Crippen MR) is 142 cm³/mol. The smallest absolute Gasteiger partial charge is 0.271 e. The molecule has 38 heavy (non-hydrogen) atoms. The lowest BCUT2D eigenvalue weighted by Crippen LogP contribution is -2.49. The van der Waals surface area contributed by atoms with E-state index in [-0.39, 0.29) is 24.3 Å². The molecule has 0 radical (unpaired) electrons. The topological polar surface area (TPSA) is 86.4 Å². The van der Waals surface area contributed by atoms with Crippen molar-refractivity contribution in [3.05, 3.63) is 82.6 Å². The van der Waals surface area contributed by atoms with Crippen LogP contribution in [0.25, 0.3) is 11.1 Å². The van der Waals surface area contributed by atoms with Crippen molar-refractivity contribution >= 4 is 29.1 Å². The summed E-state index contributed by atoms with van der Waals surface area (Å²) in [5.41, 5.74) is 3.58. The molecule has 11 heteroatoms. The van der Waals surface area contributed by atoms with E-state index in [2.05, 4.69) is 15.4 Å². The first-order chi connectivity index (χ1) is 18.4. The van der Waals surface area contributed by atoms with Gasteiger partial charge in [0.05, 0.1) is 30.5 Å². The number of rotatable bonds is 9. The highest BCUT2D eigenvalue weighted by Gasteiger charge is 2.34. The minimum absolute atomic E-state index is 0.171. The average Bonchev–Trinajstić information content (AvgIpc) is 3.50. The zero-order valence-corrected chi connectivity index (χ0v) is 22.1. The largest absolute Gasteiger partial charge is 0.382 e. The van der Waals surface area contributed by atoms with Crippen molar-refractivity contribution in [3.63, 3.8) is 0 Å². The monoisotopic (exact) mass is 538 g/mol. The molecular weight excluding hydrogens is 511 g/mol. The SMILES string of the molecule is COCc1ccc(F)cc1CN1C(=O)c2cc(-c3cc(Nc4ccnn4C)ncc3Cl)cn2C[C@@H]1COC. The number of nitrogens with zero attached hydrogens (tertiary/aromatic N) is 5. The standard InChI is InChI=1S/C27H28ClFN6O3/c1-33-26(6-7-31-33)32-25-10-22(23(28)11-30-25)19-9-24-27(36)35(21(16-38-3)14-34(24)12-19)13-18-8-20(29)5-4-17(18)15-37-2/h4-12,21H,13-16H2,1-3H3,(H,30,32)/t21-/m1/s1. The molecule has 4 aromatic rings. The number of carbonyl (C=O) groups is 1. The zero-order valence-electron chi connectivity index (χ0n) is 21.3. The van der Waals surface area contributed by atoms with Gasteiger partial charge in [0.15, 0.2) is 0 Å². The van der Waals surface area contributed by atoms with Crippen LogP contribution in [-0.4, -0.2) is 57.0 Å². The minimum atomic E-state index is -0.360. The molecule has 4 heterocycles. The lowest BCUT2D eigenvalue weighted by atomic mass is 10.0. The molecule has 1 atom stereocenters. The number of nitrogens with one attached hydrogen (secondary N) is 1. The van der Waals surface area contributed by atoms with Gasteiger partial charge in [-0.3, -0.25) is 9.48 Å². The van der Waals surface area contributed by atoms with Gasteiger partial charge >= 0.3 is 0 Å². The van der Waals surface area contributed by atoms with Gasteiger partial charge in [-0.25, -0.2) is 9.37 Å². The Hall–Kier alpha value is -3.73. The molecule has 1 aromatic carbocycles. The van der Waals surface area contributed by atoms with Crippen LogP contribution in [0.15, 0.2) is 55.0 Å². The van der Waals surface area contributed by atoms with Crippen molar-refractivity contribution < 1.29 is 18.7 Å². The van der Waals surface area contributed by atoms with Gasteiger partial charge in [0, 0.05) is 63.9 Å². The molecule has 0 fully saturated rings. The summed E-state index contributed by atoms with van der Waals surface area (Å²) in [4.78, 5) is 19.9. The van der Waals surface area contributed by atoms with E-state index in [1.165, 1.54) is 12.1 Å². The van der Waals surface area contributed by atoms with E-state index in [9.17, 15) is 9.18 Å². The van der Waals surface area contributed by atoms with Crippen LogP contribution in [-0.2, 0) is 36.2 Å². The zero-order chi connectivity index (χ0) is 26.8. The second-order valence-electron chi connectivity index (χ2n) is 9.17. The summed E-state index contributed by atoms with van der Waals surface area (Å²) in [5, 5.41) is 7.85. The molecule has 0 spiro atoms. The normalized spacial score (nSPS) is 15.1. The fraction of sp³-hybridized carbons (Fsp3) is 0.296. The quantitative estimate of drug-likeness (QED) is 0.334. The van der Waals surface area contributed by atoms with Crippen LogP contribution < -0.4 is 5.32 Å². The number of ether oxygens (including phenoxy) is 2. The van der Waals surface area contributed by atoms with Gasteiger partial charge in [0.25, 0.3) is 5.91 Å². The number of anilines is 2. The number of pyridine rings is 1. The molecule has 1 aliphatic rings. The summed E-state index contributed by atoms with van der Waals surface area (Å²) in [7, 11) is 5.02. The maximum absolute atomic E-state index is 14.1. The molecule has 9 nitrogen and oxygen atoms in total. The van der Waals surface area contributed by atoms with Crippen LogP contribution in [0.3, 0.4) is 0 Å². The Kier molecular flexibility index (Phi) is 7.46. The van der Waals surface area contributed by atoms with Crippen LogP contribution in [0.2, 0.25) is 5.02 Å². The second kappa shape index (κ2) is 10.9. The first-order valence-electron chi connectivity index (χ1n) is 12.0. The van der Waals surface area contributed by atoms with E-state index in [0.29, 0.717) is 41.9 Å². The number of aromatic nitrogens is 4. The Morgan fingerprint density at radius 1 is 1.16 bits per heavy atom. The van der Waals surface area contributed by atoms with Crippen LogP contribution in [0, 0.1) is 5.82 Å². The highest BCUT2D eigenvalue weighted by molar-refractivity contribution is 6.33. The van der Waals surface area contributed by atoms with E-state index >= 15 is 0 Å². The number of fused-ring (bicyclic) bond motifs is 1. The molecule has 0 saturated carbocycles. The molecule has 1 aliphatic heterocycles. The Labute approximate surface area is 224 Å². The van der Waals surface area contributed by atoms with Gasteiger partial charge in [0.2, 0.25) is 0 Å². The Bertz CT molecular complexity index is 1470. The molecule has 0 saturated heterocycles. The lowest BCUT2D eigenvalue weighted by molar-refractivity contribution is 0.0386. The number of methoxy groups -OCH3 is 2. The number of aryl methyl sites for hydroxylation is 1. The van der Waals surface area contributed by atoms with E-state index in [4.69, 9.17) is 21.1 Å². The van der Waals surface area contributed by atoms with Crippen LogP contribution in [0.5, 0.6) is 0 Å². The maximum atomic E-state index is 14.1. The average molecular weight is 539 g/mol. The summed E-state index contributed by atoms with van der Waals surface area (Å²) in [5.74, 6) is 0.844. The molecule has 1 N–H and O–H groups in total. The maximum Gasteiger partial charge on any atom is 0.271 e. The summed E-state index contributed by atoms with van der Waals surface area (Å²) in [6.07, 6.45) is 5.19. The van der Waals surface area contributed by atoms with E-state index in [0.717, 1.165) is 22.5 Å². The van der Waals surface area contributed by atoms with Gasteiger partial charge in [-0.1, -0.05) is 17.7 Å². The van der Waals surface area contributed by atoms with E-state index < -0.39 is 0 Å². The first-order valence-corrected chi connectivity index (χ1v) is 12.4. The third kappa shape index (κ3) is 5.15. The van der Waals surface area contributed by atoms with Crippen LogP contribution in [0.1, 0.15) is 21.6 Å². The Morgan fingerprint density at radius 3 is 2.74 bits per heavy atom. The minimum Gasteiger partial charge on any atom is -0.382 e. The fourth-order valence-corrected chi connectivity index (χ4v) is 4.95. The van der Waals surface area contributed by atoms with Crippen molar-refractivity contribution in [2.24, 2.45) is 7.05 Å². The van der Waals surface area contributed by atoms with Gasteiger partial charge in [0.1, 0.15) is 23.1 Å². The number of hydrogen-bond donors (Lipinski definition) is 1. The van der Waals surface area contributed by atoms with Gasteiger partial charge in [-0.2, -0.15) is 5.10 Å². The molecule has 1 amide bonds. The van der Waals surface area contributed by atoms with Crippen molar-refractivity contribution in [2.45, 2.75) is 25.7 Å². The predicted octanol–water partition coefficient (Wildman–Crippen LogP) is 4.64. The Balaban J connectivity index is 1.47. The van der Waals surface area contributed by atoms with Gasteiger partial charge in [-0.15, -0.1) is 0 Å². The molecule has 0 bridgehead atoms. The highest BCUT2D eigenvalue weighted by Crippen LogP contribution is 2.34. The Morgan fingerprint density at radius 2 is 2.00 bits per heavy atom. The van der Waals surface area contributed by atoms with E-state index in [1.807, 2.05) is 36.0 Å². The van der Waals surface area contributed by atoms with E-state index in [1.54, 1.807) is 42.3 Å². The number of amides is 1.